The molecule has 1 amide bonds. The summed E-state index contributed by atoms with van der Waals surface area (Å²) in [6, 6.07) is 2.37. The van der Waals surface area contributed by atoms with Crippen molar-refractivity contribution in [3.05, 3.63) is 35.7 Å². The molecule has 29 heavy (non-hydrogen) atoms. The molecule has 3 heterocycles. The SMILES string of the molecule is CCc1cncc(C2=CC[C@H]3[C@@H]4CCN5C(=O)CCCC[C@]5(C)[C@H]4CC[C@]23C)c1. The lowest BCUT2D eigenvalue weighted by Crippen LogP contribution is -2.62. The van der Waals surface area contributed by atoms with Crippen molar-refractivity contribution in [3.63, 3.8) is 0 Å². The third kappa shape index (κ3) is 2.83. The van der Waals surface area contributed by atoms with Crippen LogP contribution in [0.2, 0.25) is 0 Å². The first kappa shape index (κ1) is 19.3. The summed E-state index contributed by atoms with van der Waals surface area (Å²) in [4.78, 5) is 19.7. The van der Waals surface area contributed by atoms with Crippen molar-refractivity contribution in [2.24, 2.45) is 23.2 Å². The molecule has 5 atom stereocenters. The van der Waals surface area contributed by atoms with Crippen LogP contribution in [-0.2, 0) is 11.2 Å². The monoisotopic (exact) mass is 392 g/mol. The van der Waals surface area contributed by atoms with Crippen LogP contribution in [0.3, 0.4) is 0 Å². The van der Waals surface area contributed by atoms with Gasteiger partial charge in [0.05, 0.1) is 0 Å². The maximum Gasteiger partial charge on any atom is 0.223 e. The Kier molecular flexibility index (Phi) is 4.64. The van der Waals surface area contributed by atoms with Crippen LogP contribution in [0.5, 0.6) is 0 Å². The third-order valence-electron chi connectivity index (χ3n) is 9.26. The molecule has 156 valence electrons. The molecule has 5 rings (SSSR count). The first-order valence-corrected chi connectivity index (χ1v) is 11.9. The number of hydrogen-bond acceptors (Lipinski definition) is 2. The Labute approximate surface area is 176 Å². The smallest absolute Gasteiger partial charge is 0.223 e. The summed E-state index contributed by atoms with van der Waals surface area (Å²) in [6.07, 6.45) is 16.8. The van der Waals surface area contributed by atoms with E-state index in [4.69, 9.17) is 0 Å². The van der Waals surface area contributed by atoms with Gasteiger partial charge in [-0.1, -0.05) is 26.3 Å². The van der Waals surface area contributed by atoms with Crippen LogP contribution in [-0.4, -0.2) is 27.9 Å². The van der Waals surface area contributed by atoms with E-state index in [9.17, 15) is 4.79 Å². The van der Waals surface area contributed by atoms with Gasteiger partial charge in [0, 0.05) is 30.9 Å². The summed E-state index contributed by atoms with van der Waals surface area (Å²) < 4.78 is 0. The molecule has 2 aliphatic heterocycles. The predicted octanol–water partition coefficient (Wildman–Crippen LogP) is 5.64. The van der Waals surface area contributed by atoms with Gasteiger partial charge < -0.3 is 4.90 Å². The largest absolute Gasteiger partial charge is 0.337 e. The number of carbonyl (C=O) groups excluding carboxylic acids is 1. The van der Waals surface area contributed by atoms with Gasteiger partial charge in [-0.2, -0.15) is 0 Å². The van der Waals surface area contributed by atoms with E-state index in [0.29, 0.717) is 11.8 Å². The van der Waals surface area contributed by atoms with Crippen molar-refractivity contribution >= 4 is 11.5 Å². The fourth-order valence-electron chi connectivity index (χ4n) is 7.66. The highest BCUT2D eigenvalue weighted by Gasteiger charge is 2.58. The lowest BCUT2D eigenvalue weighted by atomic mass is 9.52. The summed E-state index contributed by atoms with van der Waals surface area (Å²) in [5.74, 6) is 2.56. The lowest BCUT2D eigenvalue weighted by molar-refractivity contribution is -0.150. The molecule has 0 unspecified atom stereocenters. The number of nitrogens with zero attached hydrogens (tertiary/aromatic N) is 2. The number of amides is 1. The molecular formula is C26H36N2O. The van der Waals surface area contributed by atoms with Gasteiger partial charge in [-0.05, 0) is 97.8 Å². The Bertz CT molecular complexity index is 845. The van der Waals surface area contributed by atoms with Crippen LogP contribution in [0.25, 0.3) is 5.57 Å². The Morgan fingerprint density at radius 3 is 2.83 bits per heavy atom. The van der Waals surface area contributed by atoms with Crippen LogP contribution >= 0.6 is 0 Å². The lowest BCUT2D eigenvalue weighted by Gasteiger charge is -2.59. The highest BCUT2D eigenvalue weighted by molar-refractivity contribution is 5.78. The number of aryl methyl sites for hydroxylation is 1. The minimum Gasteiger partial charge on any atom is -0.337 e. The van der Waals surface area contributed by atoms with Crippen LogP contribution in [0.15, 0.2) is 24.5 Å². The quantitative estimate of drug-likeness (QED) is 0.652. The van der Waals surface area contributed by atoms with Gasteiger partial charge in [-0.15, -0.1) is 0 Å². The second-order valence-corrected chi connectivity index (χ2v) is 10.5. The van der Waals surface area contributed by atoms with Gasteiger partial charge in [-0.25, -0.2) is 0 Å². The maximum atomic E-state index is 12.8. The fourth-order valence-corrected chi connectivity index (χ4v) is 7.66. The van der Waals surface area contributed by atoms with E-state index in [2.05, 4.69) is 49.0 Å². The van der Waals surface area contributed by atoms with Crippen LogP contribution in [0.4, 0.5) is 0 Å². The van der Waals surface area contributed by atoms with Gasteiger partial charge in [0.2, 0.25) is 5.91 Å². The Hall–Kier alpha value is -1.64. The van der Waals surface area contributed by atoms with Crippen molar-refractivity contribution in [3.8, 4) is 0 Å². The van der Waals surface area contributed by atoms with Crippen molar-refractivity contribution in [2.45, 2.75) is 84.1 Å². The number of fused-ring (bicyclic) bond motifs is 5. The van der Waals surface area contributed by atoms with Gasteiger partial charge in [0.15, 0.2) is 0 Å². The molecule has 0 aromatic carbocycles. The Balaban J connectivity index is 1.45. The Morgan fingerprint density at radius 1 is 1.14 bits per heavy atom. The predicted molar refractivity (Wildman–Crippen MR) is 117 cm³/mol. The molecular weight excluding hydrogens is 356 g/mol. The van der Waals surface area contributed by atoms with Gasteiger partial charge >= 0.3 is 0 Å². The third-order valence-corrected chi connectivity index (χ3v) is 9.26. The minimum absolute atomic E-state index is 0.0876. The highest BCUT2D eigenvalue weighted by atomic mass is 16.2. The summed E-state index contributed by atoms with van der Waals surface area (Å²) in [6.45, 7) is 8.14. The van der Waals surface area contributed by atoms with Crippen molar-refractivity contribution in [2.75, 3.05) is 6.54 Å². The molecule has 2 aliphatic carbocycles. The van der Waals surface area contributed by atoms with Crippen molar-refractivity contribution in [1.82, 2.24) is 9.88 Å². The summed E-state index contributed by atoms with van der Waals surface area (Å²) in [5.41, 5.74) is 4.59. The standard InChI is InChI=1S/C26H36N2O/c1-4-18-15-19(17-27-16-18)21-8-9-22-20-11-14-28-24(29)7-5-6-12-26(28,3)23(20)10-13-25(21,22)2/h8,15-17,20,22-23H,4-7,9-14H2,1-3H3/t20-,22-,23-,25+,26+/m0/s1. The molecule has 0 radical (unpaired) electrons. The molecule has 0 spiro atoms. The maximum absolute atomic E-state index is 12.8. The second-order valence-electron chi connectivity index (χ2n) is 10.5. The summed E-state index contributed by atoms with van der Waals surface area (Å²) >= 11 is 0. The summed E-state index contributed by atoms with van der Waals surface area (Å²) in [5, 5.41) is 0. The highest BCUT2D eigenvalue weighted by Crippen LogP contribution is 2.63. The molecule has 3 nitrogen and oxygen atoms in total. The molecule has 0 N–H and O–H groups in total. The summed E-state index contributed by atoms with van der Waals surface area (Å²) in [7, 11) is 0. The second kappa shape index (κ2) is 6.96. The number of piperidine rings is 1. The zero-order valence-corrected chi connectivity index (χ0v) is 18.4. The molecule has 1 aromatic rings. The minimum atomic E-state index is 0.0876. The van der Waals surface area contributed by atoms with Gasteiger partial charge in [0.25, 0.3) is 0 Å². The van der Waals surface area contributed by atoms with E-state index in [1.165, 1.54) is 49.7 Å². The molecule has 4 aliphatic rings. The molecule has 2 saturated heterocycles. The molecule has 1 aromatic heterocycles. The van der Waals surface area contributed by atoms with Gasteiger partial charge in [0.1, 0.15) is 0 Å². The van der Waals surface area contributed by atoms with E-state index >= 15 is 0 Å². The number of hydrogen-bond donors (Lipinski definition) is 0. The van der Waals surface area contributed by atoms with E-state index < -0.39 is 0 Å². The molecule has 3 heteroatoms. The topological polar surface area (TPSA) is 33.2 Å². The molecule has 0 bridgehead atoms. The Morgan fingerprint density at radius 2 is 2.00 bits per heavy atom. The molecule has 1 saturated carbocycles. The van der Waals surface area contributed by atoms with E-state index in [1.807, 2.05) is 6.20 Å². The van der Waals surface area contributed by atoms with Crippen LogP contribution in [0.1, 0.15) is 83.3 Å². The van der Waals surface area contributed by atoms with E-state index in [0.717, 1.165) is 37.6 Å². The van der Waals surface area contributed by atoms with Crippen LogP contribution in [0, 0.1) is 23.2 Å². The fraction of sp³-hybridized carbons (Fsp3) is 0.692. The number of aromatic nitrogens is 1. The zero-order chi connectivity index (χ0) is 20.2. The van der Waals surface area contributed by atoms with Crippen molar-refractivity contribution in [1.29, 1.82) is 0 Å². The van der Waals surface area contributed by atoms with E-state index in [-0.39, 0.29) is 11.0 Å². The first-order chi connectivity index (χ1) is 14.0. The number of carbonyl (C=O) groups is 1. The molecule has 3 fully saturated rings. The van der Waals surface area contributed by atoms with Crippen molar-refractivity contribution < 1.29 is 4.79 Å². The number of allylic oxidation sites excluding steroid dienone is 2. The van der Waals surface area contributed by atoms with Crippen LogP contribution < -0.4 is 0 Å². The zero-order valence-electron chi connectivity index (χ0n) is 18.4. The van der Waals surface area contributed by atoms with E-state index in [1.54, 1.807) is 5.57 Å². The average Bonchev–Trinajstić information content (AvgIpc) is 3.00. The number of rotatable bonds is 2. The number of pyridine rings is 1. The van der Waals surface area contributed by atoms with Gasteiger partial charge in [-0.3, -0.25) is 9.78 Å². The average molecular weight is 393 g/mol. The normalized spacial score (nSPS) is 39.3. The first-order valence-electron chi connectivity index (χ1n) is 11.9.